The summed E-state index contributed by atoms with van der Waals surface area (Å²) in [7, 11) is 1.58. The molecule has 0 amide bonds. The number of rotatable bonds is 4. The number of phenolic OH excluding ortho intramolecular Hbond substituents is 1. The van der Waals surface area contributed by atoms with E-state index in [2.05, 4.69) is 6.07 Å². The van der Waals surface area contributed by atoms with Crippen molar-refractivity contribution >= 4 is 0 Å². The lowest BCUT2D eigenvalue weighted by Gasteiger charge is -2.18. The zero-order valence-corrected chi connectivity index (χ0v) is 13.3. The molecule has 3 aromatic carbocycles. The average molecular weight is 303 g/mol. The number of ether oxygens (including phenoxy) is 1. The molecule has 0 atom stereocenters. The van der Waals surface area contributed by atoms with Crippen LogP contribution in [0.15, 0.2) is 60.7 Å². The Labute approximate surface area is 137 Å². The minimum Gasteiger partial charge on any atom is -0.504 e. The molecule has 2 heteroatoms. The second-order valence-electron chi connectivity index (χ2n) is 5.32. The van der Waals surface area contributed by atoms with Crippen molar-refractivity contribution in [2.75, 3.05) is 7.11 Å². The standard InChI is InChI=1S/C21H19O2/c1-3-15-14-18(16-10-6-4-7-11-16)19(20(22)21(15)23-2)17-12-8-5-9-13-17/h4-13,22H,3H2,1-2H3. The lowest BCUT2D eigenvalue weighted by molar-refractivity contribution is 0.370. The Morgan fingerprint density at radius 3 is 2.00 bits per heavy atom. The molecule has 0 saturated heterocycles. The molecule has 0 aliphatic heterocycles. The van der Waals surface area contributed by atoms with Crippen LogP contribution in [0.3, 0.4) is 0 Å². The van der Waals surface area contributed by atoms with Gasteiger partial charge < -0.3 is 9.84 Å². The maximum absolute atomic E-state index is 10.9. The minimum atomic E-state index is 0.174. The third kappa shape index (κ3) is 2.80. The number of hydrogen-bond acceptors (Lipinski definition) is 2. The van der Waals surface area contributed by atoms with Crippen LogP contribution in [-0.2, 0) is 6.42 Å². The van der Waals surface area contributed by atoms with Gasteiger partial charge in [0.15, 0.2) is 11.5 Å². The Kier molecular flexibility index (Phi) is 4.33. The molecule has 115 valence electrons. The van der Waals surface area contributed by atoms with Gasteiger partial charge in [0.2, 0.25) is 0 Å². The van der Waals surface area contributed by atoms with Gasteiger partial charge in [0.05, 0.1) is 7.11 Å². The van der Waals surface area contributed by atoms with Crippen molar-refractivity contribution in [3.63, 3.8) is 0 Å². The predicted octanol–water partition coefficient (Wildman–Crippen LogP) is 5.10. The van der Waals surface area contributed by atoms with E-state index in [1.54, 1.807) is 7.11 Å². The van der Waals surface area contributed by atoms with Crippen LogP contribution in [0.5, 0.6) is 11.5 Å². The smallest absolute Gasteiger partial charge is 0.166 e. The van der Waals surface area contributed by atoms with Crippen molar-refractivity contribution in [2.45, 2.75) is 13.3 Å². The Morgan fingerprint density at radius 2 is 1.48 bits per heavy atom. The summed E-state index contributed by atoms with van der Waals surface area (Å²) in [6, 6.07) is 23.3. The molecule has 0 spiro atoms. The molecular formula is C21H19O2. The lowest BCUT2D eigenvalue weighted by Crippen LogP contribution is -1.96. The second-order valence-corrected chi connectivity index (χ2v) is 5.32. The largest absolute Gasteiger partial charge is 0.504 e. The second kappa shape index (κ2) is 6.57. The number of phenols is 1. The molecule has 0 heterocycles. The van der Waals surface area contributed by atoms with E-state index in [0.29, 0.717) is 5.75 Å². The Hall–Kier alpha value is -2.74. The van der Waals surface area contributed by atoms with Gasteiger partial charge >= 0.3 is 0 Å². The summed E-state index contributed by atoms with van der Waals surface area (Å²) in [5.41, 5.74) is 4.50. The fraction of sp³-hybridized carbons (Fsp3) is 0.143. The van der Waals surface area contributed by atoms with E-state index in [-0.39, 0.29) is 5.75 Å². The van der Waals surface area contributed by atoms with Crippen LogP contribution in [0.4, 0.5) is 0 Å². The van der Waals surface area contributed by atoms with Gasteiger partial charge in [-0.15, -0.1) is 0 Å². The van der Waals surface area contributed by atoms with Crippen molar-refractivity contribution in [3.8, 4) is 33.8 Å². The van der Waals surface area contributed by atoms with Crippen molar-refractivity contribution in [1.82, 2.24) is 0 Å². The summed E-state index contributed by atoms with van der Waals surface area (Å²) in [6.07, 6.45) is 0.742. The summed E-state index contributed by atoms with van der Waals surface area (Å²) in [4.78, 5) is 0. The van der Waals surface area contributed by atoms with Gasteiger partial charge in [-0.05, 0) is 23.6 Å². The molecule has 0 saturated carbocycles. The van der Waals surface area contributed by atoms with Gasteiger partial charge in [-0.3, -0.25) is 0 Å². The van der Waals surface area contributed by atoms with Crippen LogP contribution < -0.4 is 4.74 Å². The first-order chi connectivity index (χ1) is 11.3. The fourth-order valence-electron chi connectivity index (χ4n) is 2.82. The van der Waals surface area contributed by atoms with Gasteiger partial charge in [-0.1, -0.05) is 67.6 Å². The number of aryl methyl sites for hydroxylation is 1. The van der Waals surface area contributed by atoms with Gasteiger partial charge in [0.1, 0.15) is 0 Å². The van der Waals surface area contributed by atoms with E-state index in [0.717, 1.165) is 34.2 Å². The van der Waals surface area contributed by atoms with Crippen LogP contribution in [0.25, 0.3) is 22.3 Å². The van der Waals surface area contributed by atoms with Crippen LogP contribution in [0.2, 0.25) is 0 Å². The van der Waals surface area contributed by atoms with E-state index in [4.69, 9.17) is 4.74 Å². The van der Waals surface area contributed by atoms with E-state index >= 15 is 0 Å². The average Bonchev–Trinajstić information content (AvgIpc) is 2.62. The third-order valence-corrected chi connectivity index (χ3v) is 3.93. The SMILES string of the molecule is CCc1[c]c(-c2ccccc2)c(-c2ccccc2)c(O)c1OC. The molecule has 1 N–H and O–H groups in total. The Bertz CT molecular complexity index is 793. The van der Waals surface area contributed by atoms with E-state index in [1.807, 2.05) is 67.6 Å². The van der Waals surface area contributed by atoms with Gasteiger partial charge in [-0.2, -0.15) is 0 Å². The summed E-state index contributed by atoms with van der Waals surface area (Å²) in [6.45, 7) is 2.03. The zero-order valence-electron chi connectivity index (χ0n) is 13.3. The fourth-order valence-corrected chi connectivity index (χ4v) is 2.82. The number of aromatic hydroxyl groups is 1. The molecule has 3 rings (SSSR count). The summed E-state index contributed by atoms with van der Waals surface area (Å²) < 4.78 is 5.44. The van der Waals surface area contributed by atoms with E-state index < -0.39 is 0 Å². The zero-order chi connectivity index (χ0) is 16.2. The number of benzene rings is 3. The van der Waals surface area contributed by atoms with Crippen LogP contribution in [0, 0.1) is 6.07 Å². The molecule has 0 aliphatic rings. The topological polar surface area (TPSA) is 29.5 Å². The highest BCUT2D eigenvalue weighted by molar-refractivity contribution is 5.89. The van der Waals surface area contributed by atoms with Gasteiger partial charge in [0.25, 0.3) is 0 Å². The molecule has 1 radical (unpaired) electrons. The quantitative estimate of drug-likeness (QED) is 0.727. The molecule has 0 aromatic heterocycles. The van der Waals surface area contributed by atoms with Crippen molar-refractivity contribution in [3.05, 3.63) is 72.3 Å². The first kappa shape index (κ1) is 15.2. The normalized spacial score (nSPS) is 10.5. The van der Waals surface area contributed by atoms with Gasteiger partial charge in [-0.25, -0.2) is 0 Å². The molecule has 0 bridgehead atoms. The van der Waals surface area contributed by atoms with Gasteiger partial charge in [0, 0.05) is 16.7 Å². The monoisotopic (exact) mass is 303 g/mol. The molecular weight excluding hydrogens is 284 g/mol. The molecule has 0 unspecified atom stereocenters. The Morgan fingerprint density at radius 1 is 0.913 bits per heavy atom. The molecule has 3 aromatic rings. The third-order valence-electron chi connectivity index (χ3n) is 3.93. The summed E-state index contributed by atoms with van der Waals surface area (Å²) >= 11 is 0. The molecule has 2 nitrogen and oxygen atoms in total. The predicted molar refractivity (Wildman–Crippen MR) is 93.7 cm³/mol. The first-order valence-corrected chi connectivity index (χ1v) is 7.72. The van der Waals surface area contributed by atoms with Crippen LogP contribution in [0.1, 0.15) is 12.5 Å². The summed E-state index contributed by atoms with van der Waals surface area (Å²) in [5, 5.41) is 10.9. The number of methoxy groups -OCH3 is 1. The maximum Gasteiger partial charge on any atom is 0.166 e. The van der Waals surface area contributed by atoms with E-state index in [9.17, 15) is 5.11 Å². The van der Waals surface area contributed by atoms with Crippen LogP contribution in [-0.4, -0.2) is 12.2 Å². The highest BCUT2D eigenvalue weighted by atomic mass is 16.5. The van der Waals surface area contributed by atoms with Crippen molar-refractivity contribution in [2.24, 2.45) is 0 Å². The molecule has 23 heavy (non-hydrogen) atoms. The highest BCUT2D eigenvalue weighted by Gasteiger charge is 2.20. The number of hydrogen-bond donors (Lipinski definition) is 1. The Balaban J connectivity index is 2.35. The van der Waals surface area contributed by atoms with E-state index in [1.165, 1.54) is 0 Å². The summed E-state index contributed by atoms with van der Waals surface area (Å²) in [5.74, 6) is 0.680. The lowest BCUT2D eigenvalue weighted by atomic mass is 9.90. The maximum atomic E-state index is 10.9. The molecule has 0 aliphatic carbocycles. The van der Waals surface area contributed by atoms with Crippen LogP contribution >= 0.6 is 0 Å². The van der Waals surface area contributed by atoms with Crippen molar-refractivity contribution in [1.29, 1.82) is 0 Å². The van der Waals surface area contributed by atoms with Crippen molar-refractivity contribution < 1.29 is 9.84 Å². The highest BCUT2D eigenvalue weighted by Crippen LogP contribution is 2.45. The first-order valence-electron chi connectivity index (χ1n) is 7.72. The molecule has 0 fully saturated rings. The minimum absolute atomic E-state index is 0.174.